The second-order valence-corrected chi connectivity index (χ2v) is 8.36. The lowest BCUT2D eigenvalue weighted by molar-refractivity contribution is -0.986. The van der Waals surface area contributed by atoms with Gasteiger partial charge in [-0.25, -0.2) is 4.39 Å². The molecule has 0 unspecified atom stereocenters. The molecule has 0 atom stereocenters. The van der Waals surface area contributed by atoms with Crippen LogP contribution in [0.4, 0.5) is 10.1 Å². The molecule has 1 aliphatic heterocycles. The number of rotatable bonds is 8. The van der Waals surface area contributed by atoms with E-state index in [1.807, 2.05) is 36.4 Å². The Labute approximate surface area is 217 Å². The first-order chi connectivity index (χ1) is 16.0. The third-order valence-electron chi connectivity index (χ3n) is 6.48. The Bertz CT molecular complexity index is 1140. The number of ketones is 1. The molecule has 9 heteroatoms. The minimum absolute atomic E-state index is 0. The van der Waals surface area contributed by atoms with Crippen molar-refractivity contribution in [1.82, 2.24) is 0 Å². The van der Waals surface area contributed by atoms with Gasteiger partial charge in [-0.2, -0.15) is 0 Å². The van der Waals surface area contributed by atoms with Gasteiger partial charge in [0.05, 0.1) is 34.3 Å². The standard InChI is InChI=1S/C26H29FN2O4.2ClH/c1-31-24-17-19-16-18(4-9-22(19)25(32-2)26(24)33-3)23(30)10-11-28-12-14-29(15-13-28)21-7-5-20(27)6-8-21;;/h4-9,16-17H,10-15H2,1-3H3;2*1H. The summed E-state index contributed by atoms with van der Waals surface area (Å²) in [7, 11) is 4.75. The highest BCUT2D eigenvalue weighted by Gasteiger charge is 2.25. The van der Waals surface area contributed by atoms with E-state index in [4.69, 9.17) is 14.2 Å². The second kappa shape index (κ2) is 12.9. The van der Waals surface area contributed by atoms with Crippen LogP contribution in [-0.2, 0) is 0 Å². The van der Waals surface area contributed by atoms with Gasteiger partial charge in [0.2, 0.25) is 5.75 Å². The molecule has 6 nitrogen and oxygen atoms in total. The average molecular weight is 525 g/mol. The SMILES string of the molecule is COc1cc2cc(C(=O)CC[NH+]3CC[NH+](c4ccc(F)cc4)CC3)ccc2c(OC)c1OC.[Cl-].[Cl-]. The van der Waals surface area contributed by atoms with Crippen LogP contribution in [0.3, 0.4) is 0 Å². The van der Waals surface area contributed by atoms with Gasteiger partial charge >= 0.3 is 0 Å². The normalized spacial score (nSPS) is 17.1. The van der Waals surface area contributed by atoms with Gasteiger partial charge in [0.25, 0.3) is 0 Å². The van der Waals surface area contributed by atoms with Gasteiger partial charge in [-0.15, -0.1) is 0 Å². The molecule has 35 heavy (non-hydrogen) atoms. The van der Waals surface area contributed by atoms with Crippen molar-refractivity contribution < 1.29 is 58.0 Å². The maximum Gasteiger partial charge on any atom is 0.203 e. The number of nitrogens with one attached hydrogen (secondary N) is 2. The number of benzene rings is 3. The maximum atomic E-state index is 13.2. The predicted molar refractivity (Wildman–Crippen MR) is 125 cm³/mol. The number of hydrogen-bond donors (Lipinski definition) is 2. The van der Waals surface area contributed by atoms with Gasteiger partial charge in [0.1, 0.15) is 37.7 Å². The largest absolute Gasteiger partial charge is 1.00 e. The van der Waals surface area contributed by atoms with Crippen LogP contribution in [0.15, 0.2) is 48.5 Å². The average Bonchev–Trinajstić information content (AvgIpc) is 2.86. The summed E-state index contributed by atoms with van der Waals surface area (Å²) in [5, 5.41) is 1.75. The van der Waals surface area contributed by atoms with Crippen LogP contribution in [0, 0.1) is 5.82 Å². The Balaban J connectivity index is 0.00000216. The summed E-state index contributed by atoms with van der Waals surface area (Å²) >= 11 is 0. The number of fused-ring (bicyclic) bond motifs is 1. The summed E-state index contributed by atoms with van der Waals surface area (Å²) in [5.74, 6) is 1.63. The highest BCUT2D eigenvalue weighted by atomic mass is 35.5. The van der Waals surface area contributed by atoms with E-state index >= 15 is 0 Å². The molecule has 190 valence electrons. The number of methoxy groups -OCH3 is 3. The van der Waals surface area contributed by atoms with Crippen molar-refractivity contribution in [2.75, 3.05) is 54.1 Å². The zero-order chi connectivity index (χ0) is 23.4. The van der Waals surface area contributed by atoms with E-state index in [9.17, 15) is 9.18 Å². The zero-order valence-electron chi connectivity index (χ0n) is 20.1. The first-order valence-corrected chi connectivity index (χ1v) is 11.2. The number of piperazine rings is 1. The fourth-order valence-corrected chi connectivity index (χ4v) is 4.62. The van der Waals surface area contributed by atoms with Crippen molar-refractivity contribution in [3.8, 4) is 17.2 Å². The van der Waals surface area contributed by atoms with Crippen molar-refractivity contribution in [2.45, 2.75) is 6.42 Å². The molecule has 2 N–H and O–H groups in total. The van der Waals surface area contributed by atoms with Crippen LogP contribution in [-0.4, -0.2) is 59.8 Å². The van der Waals surface area contributed by atoms with Crippen molar-refractivity contribution in [3.05, 3.63) is 59.9 Å². The second-order valence-electron chi connectivity index (χ2n) is 8.36. The van der Waals surface area contributed by atoms with E-state index in [1.54, 1.807) is 21.3 Å². The van der Waals surface area contributed by atoms with E-state index in [-0.39, 0.29) is 36.4 Å². The molecular formula is C26H31Cl2FN2O4. The zero-order valence-corrected chi connectivity index (χ0v) is 21.6. The van der Waals surface area contributed by atoms with Gasteiger partial charge in [-0.1, -0.05) is 6.07 Å². The summed E-state index contributed by atoms with van der Waals surface area (Å²) in [5.41, 5.74) is 1.82. The predicted octanol–water partition coefficient (Wildman–Crippen LogP) is -4.30. The highest BCUT2D eigenvalue weighted by Crippen LogP contribution is 2.43. The quantitative estimate of drug-likeness (QED) is 0.293. The molecule has 3 aromatic carbocycles. The molecule has 0 spiro atoms. The summed E-state index contributed by atoms with van der Waals surface area (Å²) < 4.78 is 29.6. The van der Waals surface area contributed by atoms with Gasteiger partial charge in [-0.3, -0.25) is 9.69 Å². The molecule has 0 amide bonds. The van der Waals surface area contributed by atoms with Crippen molar-refractivity contribution >= 4 is 22.2 Å². The first-order valence-electron chi connectivity index (χ1n) is 11.2. The van der Waals surface area contributed by atoms with Crippen LogP contribution in [0.2, 0.25) is 0 Å². The lowest BCUT2D eigenvalue weighted by Gasteiger charge is -2.29. The molecule has 0 aliphatic carbocycles. The number of quaternary nitrogens is 2. The first kappa shape index (κ1) is 28.7. The Hall–Kier alpha value is -2.58. The number of carbonyl (C=O) groups excluding carboxylic acids is 1. The van der Waals surface area contributed by atoms with Gasteiger partial charge in [0, 0.05) is 23.1 Å². The van der Waals surface area contributed by atoms with Gasteiger partial charge in [0.15, 0.2) is 17.3 Å². The highest BCUT2D eigenvalue weighted by molar-refractivity contribution is 6.02. The number of halogens is 3. The van der Waals surface area contributed by atoms with Crippen LogP contribution >= 0.6 is 0 Å². The molecule has 1 saturated heterocycles. The monoisotopic (exact) mass is 524 g/mol. The molecule has 1 fully saturated rings. The molecule has 0 saturated carbocycles. The van der Waals surface area contributed by atoms with Crippen molar-refractivity contribution in [1.29, 1.82) is 0 Å². The Morgan fingerprint density at radius 1 is 0.857 bits per heavy atom. The van der Waals surface area contributed by atoms with E-state index in [2.05, 4.69) is 0 Å². The van der Waals surface area contributed by atoms with E-state index < -0.39 is 0 Å². The maximum absolute atomic E-state index is 13.2. The third-order valence-corrected chi connectivity index (χ3v) is 6.48. The van der Waals surface area contributed by atoms with E-state index in [0.29, 0.717) is 29.2 Å². The van der Waals surface area contributed by atoms with E-state index in [0.717, 1.165) is 49.2 Å². The third kappa shape index (κ3) is 6.35. The number of ether oxygens (including phenoxy) is 3. The Morgan fingerprint density at radius 3 is 2.11 bits per heavy atom. The van der Waals surface area contributed by atoms with Gasteiger partial charge in [-0.05, 0) is 35.7 Å². The van der Waals surface area contributed by atoms with Crippen molar-refractivity contribution in [2.24, 2.45) is 0 Å². The van der Waals surface area contributed by atoms with E-state index in [1.165, 1.54) is 21.9 Å². The Kier molecular flexibility index (Phi) is 10.6. The number of Topliss-reactive ketones (excluding diaryl/α,β-unsaturated/α-hetero) is 1. The lowest BCUT2D eigenvalue weighted by Crippen LogP contribution is -3.26. The molecular weight excluding hydrogens is 494 g/mol. The summed E-state index contributed by atoms with van der Waals surface area (Å²) in [4.78, 5) is 15.7. The summed E-state index contributed by atoms with van der Waals surface area (Å²) in [6.45, 7) is 4.75. The van der Waals surface area contributed by atoms with Crippen LogP contribution in [0.1, 0.15) is 16.8 Å². The molecule has 0 aromatic heterocycles. The van der Waals surface area contributed by atoms with Crippen LogP contribution < -0.4 is 48.8 Å². The molecule has 0 radical (unpaired) electrons. The molecule has 1 aliphatic rings. The minimum Gasteiger partial charge on any atom is -1.00 e. The molecule has 4 rings (SSSR count). The lowest BCUT2D eigenvalue weighted by atomic mass is 10.0. The number of carbonyl (C=O) groups is 1. The number of hydrogen-bond acceptors (Lipinski definition) is 4. The molecule has 0 bridgehead atoms. The fraction of sp³-hybridized carbons (Fsp3) is 0.346. The van der Waals surface area contributed by atoms with Crippen LogP contribution in [0.25, 0.3) is 10.8 Å². The molecule has 3 aromatic rings. The minimum atomic E-state index is -0.203. The van der Waals surface area contributed by atoms with Crippen LogP contribution in [0.5, 0.6) is 17.2 Å². The van der Waals surface area contributed by atoms with Gasteiger partial charge < -0.3 is 43.9 Å². The smallest absolute Gasteiger partial charge is 0.203 e. The fourth-order valence-electron chi connectivity index (χ4n) is 4.62. The Morgan fingerprint density at radius 2 is 1.51 bits per heavy atom. The summed E-state index contributed by atoms with van der Waals surface area (Å²) in [6, 6.07) is 14.3. The summed E-state index contributed by atoms with van der Waals surface area (Å²) in [6.07, 6.45) is 0.497. The molecule has 1 heterocycles. The topological polar surface area (TPSA) is 53.6 Å². The van der Waals surface area contributed by atoms with Crippen molar-refractivity contribution in [3.63, 3.8) is 0 Å².